The first kappa shape index (κ1) is 36.3. The maximum absolute atomic E-state index is 13.3. The predicted molar refractivity (Wildman–Crippen MR) is 147 cm³/mol. The third-order valence-corrected chi connectivity index (χ3v) is 6.41. The molecule has 3 rings (SSSR count). The van der Waals surface area contributed by atoms with Gasteiger partial charge in [0.15, 0.2) is 13.1 Å². The summed E-state index contributed by atoms with van der Waals surface area (Å²) >= 11 is 0. The second kappa shape index (κ2) is 14.4. The van der Waals surface area contributed by atoms with E-state index in [1.807, 2.05) is 77.0 Å². The highest BCUT2D eigenvalue weighted by Crippen LogP contribution is 2.18. The van der Waals surface area contributed by atoms with Gasteiger partial charge in [-0.25, -0.2) is 4.79 Å². The molecule has 3 aliphatic rings. The number of piperazine rings is 1. The molecule has 3 fully saturated rings. The molecule has 1 atom stereocenters. The van der Waals surface area contributed by atoms with Crippen LogP contribution in [0.15, 0.2) is 0 Å². The molecule has 0 aromatic heterocycles. The highest BCUT2D eigenvalue weighted by Gasteiger charge is 2.41. The lowest BCUT2D eigenvalue weighted by atomic mass is 10.1. The minimum absolute atomic E-state index is 0. The quantitative estimate of drug-likeness (QED) is 0.192. The van der Waals surface area contributed by atoms with Crippen LogP contribution in [0.25, 0.3) is 0 Å². The Morgan fingerprint density at radius 3 is 1.50 bits per heavy atom. The fraction of sp³-hybridized carbons (Fsp3) is 0.857. The van der Waals surface area contributed by atoms with Crippen molar-refractivity contribution >= 4 is 23.8 Å². The fourth-order valence-corrected chi connectivity index (χ4v) is 4.76. The molecule has 0 saturated carbocycles. The standard InChI is InChI=1S/C28H51N4O7.BrH/c1-26(2,3)37-23(34)18-29-10-11-30(19-24(35)38-27(4,5)6)14-16-32(21-25(36)39-28(7,8)9)17-15-31(13-12-29)22(33)20-32;/h10-21H2,1-9H3;1H/q+1;/p-1. The molecule has 40 heavy (non-hydrogen) atoms. The van der Waals surface area contributed by atoms with Crippen LogP contribution in [0.2, 0.25) is 0 Å². The van der Waals surface area contributed by atoms with Crippen molar-refractivity contribution in [2.24, 2.45) is 0 Å². The van der Waals surface area contributed by atoms with Crippen LogP contribution in [0.1, 0.15) is 62.3 Å². The van der Waals surface area contributed by atoms with Crippen molar-refractivity contribution in [3.63, 3.8) is 0 Å². The monoisotopic (exact) mass is 634 g/mol. The summed E-state index contributed by atoms with van der Waals surface area (Å²) in [5.41, 5.74) is -1.82. The number of carbonyl (C=O) groups excluding carboxylic acids is 4. The smallest absolute Gasteiger partial charge is 0.362 e. The van der Waals surface area contributed by atoms with Crippen LogP contribution in [0.5, 0.6) is 0 Å². The lowest BCUT2D eigenvalue weighted by Gasteiger charge is -2.45. The van der Waals surface area contributed by atoms with Gasteiger partial charge in [0.05, 0.1) is 32.7 Å². The normalized spacial score (nSPS) is 22.0. The third-order valence-electron chi connectivity index (χ3n) is 6.41. The van der Waals surface area contributed by atoms with Gasteiger partial charge in [-0.05, 0) is 62.3 Å². The molecule has 3 heterocycles. The Kier molecular flexibility index (Phi) is 13.1. The van der Waals surface area contributed by atoms with Gasteiger partial charge < -0.3 is 40.6 Å². The number of nitrogens with zero attached hydrogens (tertiary/aromatic N) is 4. The zero-order valence-electron chi connectivity index (χ0n) is 26.0. The minimum Gasteiger partial charge on any atom is -1.00 e. The number of fused-ring (bicyclic) bond motifs is 9. The number of amides is 1. The van der Waals surface area contributed by atoms with Crippen LogP contribution < -0.4 is 17.0 Å². The second-order valence-electron chi connectivity index (χ2n) is 13.8. The zero-order chi connectivity index (χ0) is 29.6. The van der Waals surface area contributed by atoms with Crippen molar-refractivity contribution in [1.82, 2.24) is 14.7 Å². The fourth-order valence-electron chi connectivity index (χ4n) is 4.76. The van der Waals surface area contributed by atoms with Gasteiger partial charge in [0.2, 0.25) is 0 Å². The Hall–Kier alpha value is -1.76. The van der Waals surface area contributed by atoms with Crippen LogP contribution >= 0.6 is 0 Å². The van der Waals surface area contributed by atoms with E-state index < -0.39 is 16.8 Å². The van der Waals surface area contributed by atoms with Gasteiger partial charge in [-0.3, -0.25) is 24.2 Å². The molecule has 0 N–H and O–H groups in total. The van der Waals surface area contributed by atoms with Crippen molar-refractivity contribution < 1.29 is 54.9 Å². The van der Waals surface area contributed by atoms with Crippen molar-refractivity contribution in [2.45, 2.75) is 79.1 Å². The predicted octanol–water partition coefficient (Wildman–Crippen LogP) is -1.71. The number of ether oxygens (including phenoxy) is 3. The van der Waals surface area contributed by atoms with Gasteiger partial charge in [-0.1, -0.05) is 0 Å². The number of rotatable bonds is 6. The lowest BCUT2D eigenvalue weighted by Crippen LogP contribution is -3.00. The molecule has 0 radical (unpaired) electrons. The van der Waals surface area contributed by atoms with Gasteiger partial charge in [0.25, 0.3) is 5.91 Å². The molecule has 0 aromatic rings. The molecule has 3 aliphatic heterocycles. The molecule has 0 aliphatic carbocycles. The van der Waals surface area contributed by atoms with Crippen LogP contribution in [-0.2, 0) is 33.4 Å². The van der Waals surface area contributed by atoms with E-state index in [2.05, 4.69) is 0 Å². The molecule has 0 aromatic carbocycles. The Bertz CT molecular complexity index is 893. The summed E-state index contributed by atoms with van der Waals surface area (Å²) in [6, 6.07) is 0. The Morgan fingerprint density at radius 2 is 1.05 bits per heavy atom. The zero-order valence-corrected chi connectivity index (χ0v) is 27.6. The van der Waals surface area contributed by atoms with Gasteiger partial charge in [-0.15, -0.1) is 0 Å². The molecular weight excluding hydrogens is 584 g/mol. The molecule has 232 valence electrons. The van der Waals surface area contributed by atoms with E-state index >= 15 is 0 Å². The highest BCUT2D eigenvalue weighted by atomic mass is 79.9. The number of esters is 3. The molecule has 11 nitrogen and oxygen atoms in total. The summed E-state index contributed by atoms with van der Waals surface area (Å²) in [6.45, 7) is 21.0. The van der Waals surface area contributed by atoms with E-state index in [4.69, 9.17) is 14.2 Å². The number of halogens is 1. The van der Waals surface area contributed by atoms with Gasteiger partial charge >= 0.3 is 17.9 Å². The first-order chi connectivity index (χ1) is 17.7. The summed E-state index contributed by atoms with van der Waals surface area (Å²) < 4.78 is 17.0. The van der Waals surface area contributed by atoms with E-state index in [1.54, 1.807) is 0 Å². The lowest BCUT2D eigenvalue weighted by molar-refractivity contribution is -0.916. The molecule has 12 heteroatoms. The Morgan fingerprint density at radius 1 is 0.650 bits per heavy atom. The van der Waals surface area contributed by atoms with Crippen molar-refractivity contribution in [3.8, 4) is 0 Å². The summed E-state index contributed by atoms with van der Waals surface area (Å²) in [6.07, 6.45) is 0. The largest absolute Gasteiger partial charge is 1.00 e. The van der Waals surface area contributed by atoms with Crippen LogP contribution in [0.4, 0.5) is 0 Å². The Labute approximate surface area is 250 Å². The van der Waals surface area contributed by atoms with Gasteiger partial charge in [0.1, 0.15) is 16.8 Å². The first-order valence-corrected chi connectivity index (χ1v) is 14.0. The first-order valence-electron chi connectivity index (χ1n) is 14.0. The summed E-state index contributed by atoms with van der Waals surface area (Å²) in [7, 11) is 0. The maximum atomic E-state index is 13.3. The van der Waals surface area contributed by atoms with Crippen LogP contribution in [0, 0.1) is 0 Å². The average Bonchev–Trinajstić information content (AvgIpc) is 2.69. The van der Waals surface area contributed by atoms with E-state index in [1.165, 1.54) is 0 Å². The van der Waals surface area contributed by atoms with Crippen molar-refractivity contribution in [3.05, 3.63) is 0 Å². The van der Waals surface area contributed by atoms with Crippen LogP contribution in [-0.4, -0.2) is 138 Å². The molecule has 1 unspecified atom stereocenters. The molecule has 3 saturated heterocycles. The van der Waals surface area contributed by atoms with E-state index in [9.17, 15) is 19.2 Å². The van der Waals surface area contributed by atoms with Crippen molar-refractivity contribution in [2.75, 3.05) is 78.5 Å². The topological polar surface area (TPSA) is 106 Å². The summed E-state index contributed by atoms with van der Waals surface area (Å²) in [5.74, 6) is -1.03. The number of quaternary nitrogens is 1. The SMILES string of the molecule is CC(C)(C)OC(=O)CN1CCN(CC(=O)OC(C)(C)C)CC[N+]2(CC(=O)OC(C)(C)C)CCN(CC1)C(=O)C2.[Br-]. The number of hydrogen-bond donors (Lipinski definition) is 0. The molecule has 0 spiro atoms. The van der Waals surface area contributed by atoms with Gasteiger partial charge in [0, 0.05) is 32.7 Å². The molecular formula is C28H51BrN4O7. The molecule has 2 bridgehead atoms. The minimum atomic E-state index is -0.617. The van der Waals surface area contributed by atoms with E-state index in [0.29, 0.717) is 52.4 Å². The maximum Gasteiger partial charge on any atom is 0.362 e. The number of hydrogen-bond acceptors (Lipinski definition) is 9. The van der Waals surface area contributed by atoms with Crippen molar-refractivity contribution in [1.29, 1.82) is 0 Å². The number of carbonyl (C=O) groups is 4. The second-order valence-corrected chi connectivity index (χ2v) is 13.8. The average molecular weight is 636 g/mol. The Balaban J connectivity index is 0.00000800. The third kappa shape index (κ3) is 13.7. The van der Waals surface area contributed by atoms with E-state index in [0.717, 1.165) is 0 Å². The highest BCUT2D eigenvalue weighted by molar-refractivity contribution is 5.79. The van der Waals surface area contributed by atoms with Gasteiger partial charge in [-0.2, -0.15) is 0 Å². The summed E-state index contributed by atoms with van der Waals surface area (Å²) in [5, 5.41) is 0. The van der Waals surface area contributed by atoms with Crippen LogP contribution in [0.3, 0.4) is 0 Å². The summed E-state index contributed by atoms with van der Waals surface area (Å²) in [4.78, 5) is 57.2. The van der Waals surface area contributed by atoms with E-state index in [-0.39, 0.29) is 71.5 Å². The molecule has 1 amide bonds.